The molecule has 0 saturated carbocycles. The zero-order valence-electron chi connectivity index (χ0n) is 15.5. The van der Waals surface area contributed by atoms with Crippen molar-refractivity contribution in [1.29, 1.82) is 0 Å². The van der Waals surface area contributed by atoms with Gasteiger partial charge in [0.25, 0.3) is 0 Å². The lowest BCUT2D eigenvalue weighted by molar-refractivity contribution is -0.659. The van der Waals surface area contributed by atoms with E-state index in [0.717, 1.165) is 10.5 Å². The highest BCUT2D eigenvalue weighted by Gasteiger charge is 2.24. The van der Waals surface area contributed by atoms with Crippen LogP contribution in [0.1, 0.15) is 5.56 Å². The number of hydrogen-bond acceptors (Lipinski definition) is 3. The summed E-state index contributed by atoms with van der Waals surface area (Å²) in [5.41, 5.74) is 4.98. The van der Waals surface area contributed by atoms with Gasteiger partial charge in [-0.3, -0.25) is 4.40 Å². The Balaban J connectivity index is 1.88. The normalized spacial score (nSPS) is 11.9. The molecule has 0 aliphatic rings. The molecule has 6 aromatic rings. The van der Waals surface area contributed by atoms with Gasteiger partial charge in [0.15, 0.2) is 6.20 Å². The van der Waals surface area contributed by atoms with Crippen LogP contribution in [0.4, 0.5) is 0 Å². The van der Waals surface area contributed by atoms with Crippen molar-refractivity contribution in [1.82, 2.24) is 14.6 Å². The van der Waals surface area contributed by atoms with Gasteiger partial charge in [-0.2, -0.15) is 4.57 Å². The molecule has 0 atom stereocenters. The van der Waals surface area contributed by atoms with Crippen LogP contribution < -0.4 is 4.57 Å². The van der Waals surface area contributed by atoms with Crippen molar-refractivity contribution in [3.05, 3.63) is 72.7 Å². The molecule has 0 fully saturated rings. The molecule has 0 unspecified atom stereocenters. The third kappa shape index (κ3) is 1.97. The monoisotopic (exact) mass is 381 g/mol. The minimum absolute atomic E-state index is 0.921. The van der Waals surface area contributed by atoms with Gasteiger partial charge in [0, 0.05) is 6.07 Å². The Labute approximate surface area is 165 Å². The van der Waals surface area contributed by atoms with E-state index in [0.29, 0.717) is 0 Å². The summed E-state index contributed by atoms with van der Waals surface area (Å²) >= 11 is 1.70. The first-order chi connectivity index (χ1) is 13.7. The molecule has 0 spiro atoms. The number of aromatic nitrogens is 4. The van der Waals surface area contributed by atoms with E-state index in [1.165, 1.54) is 43.1 Å². The first-order valence-corrected chi connectivity index (χ1v) is 10.1. The van der Waals surface area contributed by atoms with E-state index >= 15 is 0 Å². The Morgan fingerprint density at radius 2 is 1.57 bits per heavy atom. The summed E-state index contributed by atoms with van der Waals surface area (Å²) in [6.45, 7) is 2.24. The number of pyridine rings is 1. The number of nitrogens with zero attached hydrogens (tertiary/aromatic N) is 4. The van der Waals surface area contributed by atoms with E-state index in [-0.39, 0.29) is 0 Å². The fraction of sp³-hybridized carbons (Fsp3) is 0.0870. The summed E-state index contributed by atoms with van der Waals surface area (Å²) in [6.07, 6.45) is 3.93. The molecule has 0 aliphatic carbocycles. The van der Waals surface area contributed by atoms with Gasteiger partial charge in [-0.15, -0.1) is 10.2 Å². The zero-order chi connectivity index (χ0) is 18.8. The molecular formula is C23H17N4S+. The molecule has 4 nitrogen and oxygen atoms in total. The average Bonchev–Trinajstić information content (AvgIpc) is 3.31. The standard InChI is InChI=1S/C23H17N4S/c1-14-15-7-3-4-8-16(15)17-9-5-6-10-18(17)20(14)21-22-19(11-12-26(21)2)27-13-24-25-23(27)28-22/h3-13H,1-2H3/q+1. The number of thiazole rings is 1. The van der Waals surface area contributed by atoms with Crippen molar-refractivity contribution in [3.63, 3.8) is 0 Å². The smallest absolute Gasteiger partial charge is 0.232 e. The number of aryl methyl sites for hydroxylation is 2. The largest absolute Gasteiger partial charge is 0.272 e. The van der Waals surface area contributed by atoms with E-state index in [4.69, 9.17) is 0 Å². The van der Waals surface area contributed by atoms with Gasteiger partial charge in [0.05, 0.1) is 11.1 Å². The summed E-state index contributed by atoms with van der Waals surface area (Å²) in [6, 6.07) is 19.6. The first kappa shape index (κ1) is 15.7. The van der Waals surface area contributed by atoms with Gasteiger partial charge in [-0.1, -0.05) is 59.9 Å². The average molecular weight is 381 g/mol. The Hall–Kier alpha value is -3.31. The molecule has 134 valence electrons. The lowest BCUT2D eigenvalue weighted by atomic mass is 9.90. The second kappa shape index (κ2) is 5.59. The SMILES string of the molecule is Cc1c(-c2c3sc4nncn4c3cc[n+]2C)c2ccccc2c2ccccc12. The molecule has 0 radical (unpaired) electrons. The Morgan fingerprint density at radius 1 is 0.893 bits per heavy atom. The highest BCUT2D eigenvalue weighted by atomic mass is 32.1. The third-order valence-electron chi connectivity index (χ3n) is 5.66. The van der Waals surface area contributed by atoms with E-state index < -0.39 is 0 Å². The molecule has 3 aromatic carbocycles. The molecular weight excluding hydrogens is 364 g/mol. The van der Waals surface area contributed by atoms with Crippen molar-refractivity contribution in [3.8, 4) is 11.3 Å². The minimum Gasteiger partial charge on any atom is -0.272 e. The molecule has 0 bridgehead atoms. The van der Waals surface area contributed by atoms with Crippen molar-refractivity contribution in [2.24, 2.45) is 7.05 Å². The highest BCUT2D eigenvalue weighted by molar-refractivity contribution is 7.24. The van der Waals surface area contributed by atoms with Crippen molar-refractivity contribution >= 4 is 48.1 Å². The maximum atomic E-state index is 4.28. The first-order valence-electron chi connectivity index (χ1n) is 9.25. The Kier molecular flexibility index (Phi) is 3.14. The van der Waals surface area contributed by atoms with Crippen molar-refractivity contribution in [2.45, 2.75) is 6.92 Å². The van der Waals surface area contributed by atoms with Gasteiger partial charge in [-0.05, 0) is 34.0 Å². The Bertz CT molecular complexity index is 1540. The maximum Gasteiger partial charge on any atom is 0.232 e. The highest BCUT2D eigenvalue weighted by Crippen LogP contribution is 2.41. The van der Waals surface area contributed by atoms with Gasteiger partial charge in [0.2, 0.25) is 10.7 Å². The number of rotatable bonds is 1. The predicted octanol–water partition coefficient (Wildman–Crippen LogP) is 5.05. The third-order valence-corrected chi connectivity index (χ3v) is 6.72. The summed E-state index contributed by atoms with van der Waals surface area (Å²) in [7, 11) is 2.12. The van der Waals surface area contributed by atoms with E-state index in [1.807, 2.05) is 0 Å². The second-order valence-electron chi connectivity index (χ2n) is 7.17. The van der Waals surface area contributed by atoms with Crippen LogP contribution in [0, 0.1) is 6.92 Å². The number of hydrogen-bond donors (Lipinski definition) is 0. The molecule has 0 saturated heterocycles. The molecule has 3 heterocycles. The van der Waals surface area contributed by atoms with Crippen LogP contribution in [0.5, 0.6) is 0 Å². The second-order valence-corrected chi connectivity index (χ2v) is 8.14. The van der Waals surface area contributed by atoms with Crippen molar-refractivity contribution < 1.29 is 4.57 Å². The lowest BCUT2D eigenvalue weighted by Gasteiger charge is -2.14. The fourth-order valence-electron chi connectivity index (χ4n) is 4.37. The summed E-state index contributed by atoms with van der Waals surface area (Å²) in [5.74, 6) is 0. The molecule has 5 heteroatoms. The van der Waals surface area contributed by atoms with Gasteiger partial charge in [0.1, 0.15) is 18.1 Å². The van der Waals surface area contributed by atoms with Crippen LogP contribution in [0.3, 0.4) is 0 Å². The fourth-order valence-corrected chi connectivity index (χ4v) is 5.50. The summed E-state index contributed by atoms with van der Waals surface area (Å²) in [4.78, 5) is 0.921. The van der Waals surface area contributed by atoms with Crippen LogP contribution in [0.15, 0.2) is 67.1 Å². The van der Waals surface area contributed by atoms with Crippen LogP contribution in [-0.4, -0.2) is 14.6 Å². The molecule has 0 N–H and O–H groups in total. The molecule has 0 amide bonds. The van der Waals surface area contributed by atoms with Crippen LogP contribution >= 0.6 is 11.3 Å². The lowest BCUT2D eigenvalue weighted by Crippen LogP contribution is -2.30. The summed E-state index contributed by atoms with van der Waals surface area (Å²) in [5, 5.41) is 13.5. The minimum atomic E-state index is 0.921. The number of fused-ring (bicyclic) bond motifs is 6. The quantitative estimate of drug-likeness (QED) is 0.295. The van der Waals surface area contributed by atoms with E-state index in [1.54, 1.807) is 17.7 Å². The van der Waals surface area contributed by atoms with Crippen LogP contribution in [0.2, 0.25) is 0 Å². The van der Waals surface area contributed by atoms with Crippen molar-refractivity contribution in [2.75, 3.05) is 0 Å². The maximum absolute atomic E-state index is 4.28. The predicted molar refractivity (Wildman–Crippen MR) is 115 cm³/mol. The molecule has 28 heavy (non-hydrogen) atoms. The molecule has 3 aromatic heterocycles. The van der Waals surface area contributed by atoms with Crippen LogP contribution in [0.25, 0.3) is 48.0 Å². The topological polar surface area (TPSA) is 34.1 Å². The van der Waals surface area contributed by atoms with E-state index in [9.17, 15) is 0 Å². The molecule has 0 aliphatic heterocycles. The van der Waals surface area contributed by atoms with Gasteiger partial charge in [-0.25, -0.2) is 0 Å². The zero-order valence-corrected chi connectivity index (χ0v) is 16.4. The van der Waals surface area contributed by atoms with E-state index in [2.05, 4.69) is 93.9 Å². The van der Waals surface area contributed by atoms with Gasteiger partial charge < -0.3 is 0 Å². The van der Waals surface area contributed by atoms with Gasteiger partial charge >= 0.3 is 0 Å². The Morgan fingerprint density at radius 3 is 2.36 bits per heavy atom. The summed E-state index contributed by atoms with van der Waals surface area (Å²) < 4.78 is 5.54. The number of benzene rings is 3. The molecule has 6 rings (SSSR count). The van der Waals surface area contributed by atoms with Crippen LogP contribution in [-0.2, 0) is 7.05 Å².